The Labute approximate surface area is 846 Å². The molecule has 20 aromatic rings. The summed E-state index contributed by atoms with van der Waals surface area (Å²) in [4.78, 5) is 35.0. The van der Waals surface area contributed by atoms with Crippen LogP contribution in [0.5, 0.6) is 0 Å². The molecule has 8 heterocycles. The SMILES string of the molecule is CC(C)Cc1ccc(-c2ccc(-c3[c-]cccc3)nc2)cc1.CC(C)c1ccc(-c2ccc(-c3[c-]cccc3)nc2)cc1.CCc1ccc(-c2ccc(-c3[c-]cccc3)nc2)cc1.Cc1ccc(-c2ccc(-c3[c-]cccc3)nc2)cc1.[Ir].[Ir].[Ir].[Ir].[c-]1ccccc1-c1ccccn1.[c-]1ccccc1-c1ccccn1.[c-]1ccccc1-c1ccccn1.[c-]1ccccc1-c1ccccn1. The van der Waals surface area contributed by atoms with Gasteiger partial charge in [0, 0.05) is 130 Å². The van der Waals surface area contributed by atoms with Gasteiger partial charge in [0.2, 0.25) is 0 Å². The second-order valence-electron chi connectivity index (χ2n) is 30.8. The first-order chi connectivity index (χ1) is 64.0. The molecule has 0 amide bonds. The summed E-state index contributed by atoms with van der Waals surface area (Å²) in [6.07, 6.45) is 17.1. The standard InChI is InChI=1S/C21H20N.C20H18N.C19H16N.C18H14N.4C11H8N.4Ir/c1-16(2)14-17-8-10-18(11-9-17)20-12-13-21(22-15-20)19-6-4-3-5-7-19;1-15(2)16-8-10-17(11-9-16)19-12-13-20(21-14-19)18-6-4-3-5-7-18;1-2-15-8-10-16(11-9-15)18-12-13-19(20-14-18)17-6-4-3-5-7-17;1-14-7-9-15(10-8-14)17-11-12-18(19-13-17)16-5-3-2-4-6-16;4*1-2-6-10(7-3-1)11-8-4-5-9-12-11;;;;/h3-6,8-13,15-16H,14H2,1-2H3;3-6,8-15H,1-2H3;3-6,8-14H,2H2,1H3;2-5,7-13H,1H3;4*1-6,8-9H;;;;/q8*-1;;;;. The predicted octanol–water partition coefficient (Wildman–Crippen LogP) is 30.2. The van der Waals surface area contributed by atoms with Gasteiger partial charge in [0.25, 0.3) is 0 Å². The molecule has 0 aliphatic heterocycles. The predicted molar refractivity (Wildman–Crippen MR) is 537 cm³/mol. The van der Waals surface area contributed by atoms with Crippen LogP contribution in [0.2, 0.25) is 0 Å². The number of aryl methyl sites for hydroxylation is 2. The zero-order valence-electron chi connectivity index (χ0n) is 75.4. The molecule has 8 aromatic heterocycles. The van der Waals surface area contributed by atoms with Crippen molar-refractivity contribution in [3.63, 3.8) is 0 Å². The molecule has 8 nitrogen and oxygen atoms in total. The third-order valence-electron chi connectivity index (χ3n) is 20.5. The average Bonchev–Trinajstić information content (AvgIpc) is 0.840. The Bertz CT molecular complexity index is 6060. The van der Waals surface area contributed by atoms with E-state index in [1.165, 1.54) is 44.5 Å². The molecule has 0 aliphatic rings. The van der Waals surface area contributed by atoms with Gasteiger partial charge < -0.3 is 39.9 Å². The first kappa shape index (κ1) is 104. The summed E-state index contributed by atoms with van der Waals surface area (Å²) in [5.41, 5.74) is 30.8. The molecule has 0 saturated carbocycles. The smallest absolute Gasteiger partial charge is 0.0239 e. The fourth-order valence-corrected chi connectivity index (χ4v) is 13.4. The molecule has 12 aromatic carbocycles. The molecular weight excluding hydrogens is 2350 g/mol. The van der Waals surface area contributed by atoms with Crippen molar-refractivity contribution in [1.82, 2.24) is 39.9 Å². The van der Waals surface area contributed by atoms with E-state index in [1.807, 2.05) is 298 Å². The van der Waals surface area contributed by atoms with E-state index in [2.05, 4.69) is 269 Å². The molecule has 0 spiro atoms. The summed E-state index contributed by atoms with van der Waals surface area (Å²) in [6, 6.07) is 163. The minimum Gasteiger partial charge on any atom is -0.305 e. The van der Waals surface area contributed by atoms with Crippen molar-refractivity contribution in [2.75, 3.05) is 0 Å². The molecule has 0 fully saturated rings. The van der Waals surface area contributed by atoms with Crippen LogP contribution in [0.15, 0.2) is 462 Å². The van der Waals surface area contributed by atoms with E-state index < -0.39 is 0 Å². The van der Waals surface area contributed by atoms with Crippen molar-refractivity contribution in [3.8, 4) is 135 Å². The monoisotopic (exact) mass is 2450 g/mol. The van der Waals surface area contributed by atoms with Crippen LogP contribution in [-0.4, -0.2) is 39.9 Å². The van der Waals surface area contributed by atoms with Crippen molar-refractivity contribution in [1.29, 1.82) is 0 Å². The molecule has 134 heavy (non-hydrogen) atoms. The zero-order chi connectivity index (χ0) is 89.8. The molecule has 0 N–H and O–H groups in total. The molecule has 0 aliphatic carbocycles. The van der Waals surface area contributed by atoms with Gasteiger partial charge in [-0.05, 0) is 163 Å². The maximum atomic E-state index is 4.56. The van der Waals surface area contributed by atoms with E-state index >= 15 is 0 Å². The van der Waals surface area contributed by atoms with Gasteiger partial charge in [-0.2, -0.15) is 0 Å². The Kier molecular flexibility index (Phi) is 44.8. The van der Waals surface area contributed by atoms with Crippen LogP contribution >= 0.6 is 0 Å². The minimum absolute atomic E-state index is 0. The Morgan fingerprint density at radius 2 is 0.418 bits per heavy atom. The number of hydrogen-bond acceptors (Lipinski definition) is 8. The van der Waals surface area contributed by atoms with Gasteiger partial charge in [-0.1, -0.05) is 234 Å². The summed E-state index contributed by atoms with van der Waals surface area (Å²) in [6.45, 7) is 13.2. The zero-order valence-corrected chi connectivity index (χ0v) is 84.9. The molecule has 4 radical (unpaired) electrons. The molecular formula is C122H100Ir4N8-8. The Balaban J connectivity index is 0.000000173. The van der Waals surface area contributed by atoms with E-state index in [1.54, 1.807) is 24.8 Å². The first-order valence-electron chi connectivity index (χ1n) is 43.6. The normalized spacial score (nSPS) is 9.97. The van der Waals surface area contributed by atoms with E-state index in [0.717, 1.165) is 125 Å². The molecule has 0 unspecified atom stereocenters. The Morgan fingerprint density at radius 1 is 0.209 bits per heavy atom. The largest absolute Gasteiger partial charge is 0.305 e. The molecule has 672 valence electrons. The van der Waals surface area contributed by atoms with E-state index in [-0.39, 0.29) is 80.4 Å². The van der Waals surface area contributed by atoms with Crippen molar-refractivity contribution < 1.29 is 80.4 Å². The molecule has 0 saturated heterocycles. The fourth-order valence-electron chi connectivity index (χ4n) is 13.4. The van der Waals surface area contributed by atoms with E-state index in [0.29, 0.717) is 11.8 Å². The minimum atomic E-state index is 0. The third-order valence-corrected chi connectivity index (χ3v) is 20.5. The number of pyridine rings is 8. The van der Waals surface area contributed by atoms with Crippen LogP contribution in [0, 0.1) is 61.4 Å². The van der Waals surface area contributed by atoms with E-state index in [9.17, 15) is 0 Å². The van der Waals surface area contributed by atoms with E-state index in [4.69, 9.17) is 0 Å². The second-order valence-corrected chi connectivity index (χ2v) is 30.8. The van der Waals surface area contributed by atoms with Crippen molar-refractivity contribution >= 4 is 0 Å². The molecule has 0 bridgehead atoms. The van der Waals surface area contributed by atoms with Crippen LogP contribution in [0.25, 0.3) is 135 Å². The molecule has 0 atom stereocenters. The van der Waals surface area contributed by atoms with Gasteiger partial charge in [-0.15, -0.1) is 287 Å². The number of nitrogens with zero attached hydrogens (tertiary/aromatic N) is 8. The molecule has 12 heteroatoms. The summed E-state index contributed by atoms with van der Waals surface area (Å²) in [5.74, 6) is 1.25. The Hall–Kier alpha value is -13.6. The maximum Gasteiger partial charge on any atom is 0.0239 e. The van der Waals surface area contributed by atoms with Gasteiger partial charge in [0.15, 0.2) is 0 Å². The second kappa shape index (κ2) is 57.7. The van der Waals surface area contributed by atoms with Crippen molar-refractivity contribution in [2.45, 2.75) is 60.3 Å². The van der Waals surface area contributed by atoms with Crippen molar-refractivity contribution in [3.05, 3.63) is 533 Å². The van der Waals surface area contributed by atoms with Gasteiger partial charge in [-0.25, -0.2) is 0 Å². The van der Waals surface area contributed by atoms with Crippen LogP contribution in [0.3, 0.4) is 0 Å². The topological polar surface area (TPSA) is 103 Å². The van der Waals surface area contributed by atoms with Gasteiger partial charge in [0.05, 0.1) is 0 Å². The van der Waals surface area contributed by atoms with Crippen LogP contribution in [-0.2, 0) is 93.3 Å². The van der Waals surface area contributed by atoms with Gasteiger partial charge >= 0.3 is 0 Å². The summed E-state index contributed by atoms with van der Waals surface area (Å²) in [7, 11) is 0. The van der Waals surface area contributed by atoms with Crippen LogP contribution in [0.4, 0.5) is 0 Å². The average molecular weight is 2450 g/mol. The van der Waals surface area contributed by atoms with Crippen LogP contribution < -0.4 is 0 Å². The quantitative estimate of drug-likeness (QED) is 0.0882. The number of rotatable bonds is 16. The van der Waals surface area contributed by atoms with Crippen molar-refractivity contribution in [2.24, 2.45) is 5.92 Å². The molecule has 20 rings (SSSR count). The van der Waals surface area contributed by atoms with Crippen LogP contribution in [0.1, 0.15) is 62.8 Å². The summed E-state index contributed by atoms with van der Waals surface area (Å²) >= 11 is 0. The maximum absolute atomic E-state index is 4.56. The number of hydrogen-bond donors (Lipinski definition) is 0. The number of aromatic nitrogens is 8. The summed E-state index contributed by atoms with van der Waals surface area (Å²) in [5, 5.41) is 0. The van der Waals surface area contributed by atoms with Gasteiger partial charge in [0.1, 0.15) is 0 Å². The third kappa shape index (κ3) is 33.6. The summed E-state index contributed by atoms with van der Waals surface area (Å²) < 4.78 is 0. The van der Waals surface area contributed by atoms with Gasteiger partial charge in [-0.3, -0.25) is 0 Å². The first-order valence-corrected chi connectivity index (χ1v) is 43.6. The number of benzene rings is 12. The Morgan fingerprint density at radius 3 is 0.604 bits per heavy atom. The fraction of sp³-hybridized carbons (Fsp3) is 0.0820.